The van der Waals surface area contributed by atoms with Crippen LogP contribution in [0.2, 0.25) is 0 Å². The number of H-pyrrole nitrogens is 1. The number of benzene rings is 2. The fraction of sp³-hybridized carbons (Fsp3) is 0.125. The van der Waals surface area contributed by atoms with E-state index in [1.165, 1.54) is 11.1 Å². The highest BCUT2D eigenvalue weighted by molar-refractivity contribution is 6.10. The molecule has 28 heavy (non-hydrogen) atoms. The molecule has 3 heterocycles. The molecule has 3 aromatic heterocycles. The van der Waals surface area contributed by atoms with E-state index in [1.807, 2.05) is 18.2 Å². The molecule has 2 aromatic carbocycles. The van der Waals surface area contributed by atoms with E-state index in [0.717, 1.165) is 45.6 Å². The van der Waals surface area contributed by atoms with Gasteiger partial charge in [0.1, 0.15) is 11.3 Å². The van der Waals surface area contributed by atoms with Crippen molar-refractivity contribution < 1.29 is 13.7 Å². The molecule has 0 unspecified atom stereocenters. The lowest BCUT2D eigenvalue weighted by molar-refractivity contribution is -0.676. The van der Waals surface area contributed by atoms with Crippen molar-refractivity contribution in [2.75, 3.05) is 7.11 Å². The zero-order chi connectivity index (χ0) is 19.1. The Labute approximate surface area is 163 Å². The molecule has 5 rings (SSSR count). The van der Waals surface area contributed by atoms with Crippen LogP contribution in [0.4, 0.5) is 0 Å². The van der Waals surface area contributed by atoms with Crippen molar-refractivity contribution in [3.63, 3.8) is 0 Å². The third-order valence-corrected chi connectivity index (χ3v) is 5.22. The maximum absolute atomic E-state index is 5.80. The third kappa shape index (κ3) is 2.74. The average Bonchev–Trinajstić information content (AvgIpc) is 3.37. The molecule has 138 valence electrons. The predicted molar refractivity (Wildman–Crippen MR) is 111 cm³/mol. The Bertz CT molecular complexity index is 1270. The van der Waals surface area contributed by atoms with Gasteiger partial charge in [-0.15, -0.1) is 0 Å². The fourth-order valence-electron chi connectivity index (χ4n) is 3.76. The van der Waals surface area contributed by atoms with Crippen molar-refractivity contribution in [2.24, 2.45) is 0 Å². The summed E-state index contributed by atoms with van der Waals surface area (Å²) in [6.07, 6.45) is 3.85. The zero-order valence-corrected chi connectivity index (χ0v) is 15.9. The second-order valence-corrected chi connectivity index (χ2v) is 7.08. The minimum Gasteiger partial charge on any atom is -0.497 e. The molecule has 0 aliphatic heterocycles. The first-order valence-electron chi connectivity index (χ1n) is 9.34. The molecule has 0 bridgehead atoms. The summed E-state index contributed by atoms with van der Waals surface area (Å²) in [7, 11) is 1.69. The van der Waals surface area contributed by atoms with Crippen LogP contribution in [0.15, 0.2) is 77.5 Å². The highest BCUT2D eigenvalue weighted by Gasteiger charge is 2.23. The number of nitrogens with one attached hydrogen (secondary N) is 1. The maximum atomic E-state index is 5.80. The number of aromatic nitrogens is 2. The largest absolute Gasteiger partial charge is 0.497 e. The topological polar surface area (TPSA) is 42.0 Å². The van der Waals surface area contributed by atoms with E-state index in [-0.39, 0.29) is 0 Å². The fourth-order valence-corrected chi connectivity index (χ4v) is 3.76. The standard InChI is InChI=1S/C24H20N2O2/c1-16-5-7-17(8-6-16)15-26-12-11-19-20-14-18(27-2)9-10-21(20)25-23(19)24(26)22-4-3-13-28-22/h3-14H,15H2,1-2H3/p+1. The van der Waals surface area contributed by atoms with Gasteiger partial charge in [0, 0.05) is 27.9 Å². The molecule has 0 fully saturated rings. The number of fused-ring (bicyclic) bond motifs is 3. The first-order valence-corrected chi connectivity index (χ1v) is 9.34. The number of rotatable bonds is 4. The van der Waals surface area contributed by atoms with Crippen LogP contribution in [-0.2, 0) is 6.54 Å². The van der Waals surface area contributed by atoms with Crippen LogP contribution < -0.4 is 9.30 Å². The summed E-state index contributed by atoms with van der Waals surface area (Å²) < 4.78 is 13.5. The van der Waals surface area contributed by atoms with E-state index in [2.05, 4.69) is 65.1 Å². The van der Waals surface area contributed by atoms with Crippen LogP contribution in [0.1, 0.15) is 11.1 Å². The van der Waals surface area contributed by atoms with Crippen LogP contribution in [0.25, 0.3) is 33.3 Å². The number of furan rings is 1. The minimum atomic E-state index is 0.769. The molecule has 0 saturated carbocycles. The second-order valence-electron chi connectivity index (χ2n) is 7.08. The molecule has 1 N–H and O–H groups in total. The maximum Gasteiger partial charge on any atom is 0.272 e. The van der Waals surface area contributed by atoms with Gasteiger partial charge in [-0.25, -0.2) is 0 Å². The van der Waals surface area contributed by atoms with Crippen LogP contribution in [-0.4, -0.2) is 12.1 Å². The molecule has 5 aromatic rings. The normalized spacial score (nSPS) is 11.4. The Morgan fingerprint density at radius 1 is 1.00 bits per heavy atom. The quantitative estimate of drug-likeness (QED) is 0.441. The first-order chi connectivity index (χ1) is 13.7. The molecule has 4 nitrogen and oxygen atoms in total. The lowest BCUT2D eigenvalue weighted by atomic mass is 10.1. The molecule has 0 spiro atoms. The van der Waals surface area contributed by atoms with Crippen molar-refractivity contribution in [1.82, 2.24) is 4.98 Å². The molecule has 0 atom stereocenters. The molecular weight excluding hydrogens is 348 g/mol. The van der Waals surface area contributed by atoms with E-state index in [0.29, 0.717) is 0 Å². The van der Waals surface area contributed by atoms with E-state index in [9.17, 15) is 0 Å². The molecular formula is C24H21N2O2+. The zero-order valence-electron chi connectivity index (χ0n) is 15.9. The Balaban J connectivity index is 1.75. The number of hydrogen-bond acceptors (Lipinski definition) is 2. The van der Waals surface area contributed by atoms with Crippen molar-refractivity contribution in [3.8, 4) is 17.2 Å². The summed E-state index contributed by atoms with van der Waals surface area (Å²) in [5.74, 6) is 1.69. The Hall–Kier alpha value is -3.53. The molecule has 0 aliphatic carbocycles. The van der Waals surface area contributed by atoms with Crippen molar-refractivity contribution in [1.29, 1.82) is 0 Å². The molecule has 0 aliphatic rings. The van der Waals surface area contributed by atoms with Gasteiger partial charge in [-0.2, -0.15) is 4.57 Å². The van der Waals surface area contributed by atoms with Crippen LogP contribution in [0.5, 0.6) is 5.75 Å². The Morgan fingerprint density at radius 3 is 2.61 bits per heavy atom. The van der Waals surface area contributed by atoms with Crippen molar-refractivity contribution in [2.45, 2.75) is 13.5 Å². The highest BCUT2D eigenvalue weighted by Crippen LogP contribution is 2.33. The number of nitrogens with zero attached hydrogens (tertiary/aromatic N) is 1. The summed E-state index contributed by atoms with van der Waals surface area (Å²) in [4.78, 5) is 3.59. The summed E-state index contributed by atoms with van der Waals surface area (Å²) in [6.45, 7) is 2.88. The Morgan fingerprint density at radius 2 is 1.86 bits per heavy atom. The number of ether oxygens (including phenoxy) is 1. The van der Waals surface area contributed by atoms with Gasteiger partial charge in [0.2, 0.25) is 0 Å². The smallest absolute Gasteiger partial charge is 0.272 e. The first kappa shape index (κ1) is 16.6. The van der Waals surface area contributed by atoms with Crippen molar-refractivity contribution in [3.05, 3.63) is 84.3 Å². The van der Waals surface area contributed by atoms with Gasteiger partial charge in [-0.05, 0) is 37.3 Å². The van der Waals surface area contributed by atoms with E-state index in [1.54, 1.807) is 13.4 Å². The van der Waals surface area contributed by atoms with Gasteiger partial charge < -0.3 is 14.1 Å². The predicted octanol–water partition coefficient (Wildman–Crippen LogP) is 5.23. The number of aryl methyl sites for hydroxylation is 1. The van der Waals surface area contributed by atoms with Crippen molar-refractivity contribution >= 4 is 21.8 Å². The van der Waals surface area contributed by atoms with Gasteiger partial charge in [0.25, 0.3) is 5.69 Å². The van der Waals surface area contributed by atoms with Crippen LogP contribution in [0, 0.1) is 6.92 Å². The number of methoxy groups -OCH3 is 1. The lowest BCUT2D eigenvalue weighted by Crippen LogP contribution is -2.36. The second kappa shape index (κ2) is 6.57. The number of hydrogen-bond donors (Lipinski definition) is 1. The van der Waals surface area contributed by atoms with Crippen LogP contribution in [0.3, 0.4) is 0 Å². The van der Waals surface area contributed by atoms with E-state index < -0.39 is 0 Å². The summed E-state index contributed by atoms with van der Waals surface area (Å²) in [5.41, 5.74) is 5.70. The third-order valence-electron chi connectivity index (χ3n) is 5.22. The van der Waals surface area contributed by atoms with Gasteiger partial charge in [0.05, 0.1) is 13.4 Å². The summed E-state index contributed by atoms with van der Waals surface area (Å²) >= 11 is 0. The molecule has 0 saturated heterocycles. The summed E-state index contributed by atoms with van der Waals surface area (Å²) in [5, 5.41) is 2.30. The van der Waals surface area contributed by atoms with Gasteiger partial charge in [-0.3, -0.25) is 0 Å². The summed E-state index contributed by atoms with van der Waals surface area (Å²) in [6, 6.07) is 20.9. The van der Waals surface area contributed by atoms with Gasteiger partial charge >= 0.3 is 0 Å². The average molecular weight is 369 g/mol. The number of aromatic amines is 1. The molecule has 4 heteroatoms. The van der Waals surface area contributed by atoms with Crippen LogP contribution >= 0.6 is 0 Å². The minimum absolute atomic E-state index is 0.769. The van der Waals surface area contributed by atoms with Gasteiger partial charge in [-0.1, -0.05) is 29.8 Å². The number of pyridine rings is 1. The molecule has 0 amide bonds. The monoisotopic (exact) mass is 369 g/mol. The van der Waals surface area contributed by atoms with Gasteiger partial charge in [0.15, 0.2) is 18.5 Å². The molecule has 0 radical (unpaired) electrons. The van der Waals surface area contributed by atoms with E-state index in [4.69, 9.17) is 9.15 Å². The lowest BCUT2D eigenvalue weighted by Gasteiger charge is -2.05. The Kier molecular flexibility index (Phi) is 3.90. The highest BCUT2D eigenvalue weighted by atomic mass is 16.5. The van der Waals surface area contributed by atoms with E-state index >= 15 is 0 Å². The SMILES string of the molecule is COc1ccc2[nH]c3c(-c4ccco4)[n+](Cc4ccc(C)cc4)ccc3c2c1.